The summed E-state index contributed by atoms with van der Waals surface area (Å²) >= 11 is 8.87. The van der Waals surface area contributed by atoms with Crippen LogP contribution in [0.1, 0.15) is 5.56 Å². The van der Waals surface area contributed by atoms with Gasteiger partial charge in [-0.1, -0.05) is 30.0 Å². The first-order valence-electron chi connectivity index (χ1n) is 8.84. The van der Waals surface area contributed by atoms with Crippen LogP contribution in [0.15, 0.2) is 56.3 Å². The van der Waals surface area contributed by atoms with Gasteiger partial charge in [-0.2, -0.15) is 0 Å². The van der Waals surface area contributed by atoms with Crippen LogP contribution in [0, 0.1) is 0 Å². The number of carbonyl (C=O) groups excluding carboxylic acids is 1. The molecule has 0 bridgehead atoms. The molecule has 2 aliphatic heterocycles. The van der Waals surface area contributed by atoms with Gasteiger partial charge >= 0.3 is 5.97 Å². The summed E-state index contributed by atoms with van der Waals surface area (Å²) in [5.41, 5.74) is 8.28. The number of amides is 1. The fourth-order valence-electron chi connectivity index (χ4n) is 3.71. The molecule has 3 heterocycles. The zero-order chi connectivity index (χ0) is 20.3. The maximum Gasteiger partial charge on any atom is 0.353 e. The molecule has 1 saturated heterocycles. The molecular weight excluding hydrogens is 432 g/mol. The number of carbonyl (C=O) groups is 2. The van der Waals surface area contributed by atoms with Gasteiger partial charge in [0.15, 0.2) is 0 Å². The minimum Gasteiger partial charge on any atom is -0.477 e. The van der Waals surface area contributed by atoms with Crippen molar-refractivity contribution in [2.75, 3.05) is 5.75 Å². The number of fused-ring (bicyclic) bond motifs is 4. The largest absolute Gasteiger partial charge is 0.477 e. The van der Waals surface area contributed by atoms with Gasteiger partial charge in [0.2, 0.25) is 5.91 Å². The molecule has 9 heteroatoms. The van der Waals surface area contributed by atoms with Crippen LogP contribution < -0.4 is 5.73 Å². The summed E-state index contributed by atoms with van der Waals surface area (Å²) in [6.07, 6.45) is 0. The lowest BCUT2D eigenvalue weighted by atomic mass is 10.1. The number of hydrogen-bond donors (Lipinski definition) is 2. The zero-order valence-electron chi connectivity index (χ0n) is 14.9. The highest BCUT2D eigenvalue weighted by atomic mass is 35.5. The Kier molecular flexibility index (Phi) is 4.54. The number of halogens is 1. The molecular formula is C20H15ClN2O4S2. The highest BCUT2D eigenvalue weighted by molar-refractivity contribution is 8.06. The standard InChI is InChI=1S/C20H15ClN2O4S2/c21-7-9-2-1-3-11-12-6-10(4-5-13(12)27-17(9)11)29-14-8-28-19-15(22)18(24)23(19)16(14)20(25)26/h1-6,15,19H,7-8,22H2,(H,25,26)/t15-,19+/m1/s1. The van der Waals surface area contributed by atoms with E-state index in [4.69, 9.17) is 21.8 Å². The van der Waals surface area contributed by atoms with E-state index in [0.717, 1.165) is 32.4 Å². The van der Waals surface area contributed by atoms with E-state index < -0.39 is 12.0 Å². The van der Waals surface area contributed by atoms with Gasteiger partial charge in [-0.15, -0.1) is 23.4 Å². The first kappa shape index (κ1) is 18.9. The number of β-lactam (4-membered cyclic amide) rings is 1. The second-order valence-corrected chi connectivity index (χ2v) is 9.34. The molecule has 5 rings (SSSR count). The lowest BCUT2D eigenvalue weighted by Crippen LogP contribution is -2.68. The van der Waals surface area contributed by atoms with Crippen LogP contribution in [0.25, 0.3) is 21.9 Å². The third-order valence-electron chi connectivity index (χ3n) is 5.11. The summed E-state index contributed by atoms with van der Waals surface area (Å²) in [5, 5.41) is 11.3. The molecule has 148 valence electrons. The molecule has 2 aliphatic rings. The van der Waals surface area contributed by atoms with Gasteiger partial charge in [-0.25, -0.2) is 4.79 Å². The van der Waals surface area contributed by atoms with Crippen LogP contribution in [0.5, 0.6) is 0 Å². The summed E-state index contributed by atoms with van der Waals surface area (Å²) in [7, 11) is 0. The second kappa shape index (κ2) is 6.98. The van der Waals surface area contributed by atoms with Gasteiger partial charge in [-0.05, 0) is 18.2 Å². The van der Waals surface area contributed by atoms with Crippen LogP contribution in [-0.2, 0) is 15.5 Å². The fourth-order valence-corrected chi connectivity index (χ4v) is 6.38. The van der Waals surface area contributed by atoms with E-state index in [1.807, 2.05) is 36.4 Å². The molecule has 1 amide bonds. The van der Waals surface area contributed by atoms with Crippen molar-refractivity contribution in [3.63, 3.8) is 0 Å². The van der Waals surface area contributed by atoms with Crippen molar-refractivity contribution < 1.29 is 19.1 Å². The van der Waals surface area contributed by atoms with Crippen molar-refractivity contribution in [1.29, 1.82) is 0 Å². The van der Waals surface area contributed by atoms with E-state index in [0.29, 0.717) is 16.5 Å². The molecule has 0 spiro atoms. The van der Waals surface area contributed by atoms with Crippen LogP contribution in [-0.4, -0.2) is 39.1 Å². The van der Waals surface area contributed by atoms with Gasteiger partial charge in [-0.3, -0.25) is 9.69 Å². The van der Waals surface area contributed by atoms with Crippen LogP contribution in [0.3, 0.4) is 0 Å². The van der Waals surface area contributed by atoms with Crippen molar-refractivity contribution >= 4 is 68.9 Å². The third-order valence-corrected chi connectivity index (χ3v) is 7.96. The lowest BCUT2D eigenvalue weighted by Gasteiger charge is -2.47. The zero-order valence-corrected chi connectivity index (χ0v) is 17.3. The minimum absolute atomic E-state index is 0.0343. The molecule has 2 atom stereocenters. The Labute approximate surface area is 179 Å². The number of rotatable bonds is 4. The number of alkyl halides is 1. The molecule has 3 aromatic rings. The normalized spacial score (nSPS) is 21.6. The van der Waals surface area contributed by atoms with Crippen LogP contribution >= 0.6 is 35.1 Å². The maximum atomic E-state index is 12.1. The number of aliphatic carboxylic acids is 1. The predicted molar refractivity (Wildman–Crippen MR) is 115 cm³/mol. The number of furan rings is 1. The summed E-state index contributed by atoms with van der Waals surface area (Å²) in [6, 6.07) is 11.0. The number of nitrogens with zero attached hydrogens (tertiary/aromatic N) is 1. The van der Waals surface area contributed by atoms with Crippen LogP contribution in [0.2, 0.25) is 0 Å². The number of benzene rings is 2. The predicted octanol–water partition coefficient (Wildman–Crippen LogP) is 3.96. The monoisotopic (exact) mass is 446 g/mol. The summed E-state index contributed by atoms with van der Waals surface area (Å²) in [6.45, 7) is 0. The third kappa shape index (κ3) is 2.85. The summed E-state index contributed by atoms with van der Waals surface area (Å²) in [5.74, 6) is -0.602. The Morgan fingerprint density at radius 2 is 2.17 bits per heavy atom. The van der Waals surface area contributed by atoms with Crippen molar-refractivity contribution in [3.05, 3.63) is 52.6 Å². The molecule has 2 aromatic carbocycles. The molecule has 1 fully saturated rings. The molecule has 3 N–H and O–H groups in total. The molecule has 29 heavy (non-hydrogen) atoms. The Morgan fingerprint density at radius 1 is 1.34 bits per heavy atom. The van der Waals surface area contributed by atoms with E-state index in [1.54, 1.807) is 0 Å². The molecule has 0 radical (unpaired) electrons. The van der Waals surface area contributed by atoms with Crippen LogP contribution in [0.4, 0.5) is 0 Å². The Bertz CT molecular complexity index is 1220. The molecule has 0 aliphatic carbocycles. The van der Waals surface area contributed by atoms with Crippen molar-refractivity contribution in [2.24, 2.45) is 5.73 Å². The van der Waals surface area contributed by atoms with Gasteiger partial charge < -0.3 is 15.3 Å². The number of nitrogens with two attached hydrogens (primary N) is 1. The van der Waals surface area contributed by atoms with E-state index >= 15 is 0 Å². The average Bonchev–Trinajstić information content (AvgIpc) is 3.10. The first-order chi connectivity index (χ1) is 14.0. The molecule has 0 unspecified atom stereocenters. The molecule has 6 nitrogen and oxygen atoms in total. The number of para-hydroxylation sites is 1. The van der Waals surface area contributed by atoms with Gasteiger partial charge in [0.25, 0.3) is 0 Å². The first-order valence-corrected chi connectivity index (χ1v) is 11.2. The molecule has 1 aromatic heterocycles. The SMILES string of the molecule is N[C@@H]1C(=O)N2C(C(=O)O)=C(Sc3ccc4oc5c(CCl)cccc5c4c3)CS[C@@H]12. The van der Waals surface area contributed by atoms with Gasteiger partial charge in [0, 0.05) is 31.9 Å². The highest BCUT2D eigenvalue weighted by Crippen LogP contribution is 2.45. The number of hydrogen-bond acceptors (Lipinski definition) is 6. The lowest BCUT2D eigenvalue weighted by molar-refractivity contribution is -0.147. The van der Waals surface area contributed by atoms with E-state index in [1.165, 1.54) is 28.4 Å². The van der Waals surface area contributed by atoms with Gasteiger partial charge in [0.05, 0.1) is 5.88 Å². The maximum absolute atomic E-state index is 12.1. The quantitative estimate of drug-likeness (QED) is 0.462. The summed E-state index contributed by atoms with van der Waals surface area (Å²) in [4.78, 5) is 26.8. The second-order valence-electron chi connectivity index (χ2n) is 6.80. The average molecular weight is 447 g/mol. The highest BCUT2D eigenvalue weighted by Gasteiger charge is 2.51. The molecule has 0 saturated carbocycles. The Balaban J connectivity index is 1.57. The van der Waals surface area contributed by atoms with Crippen molar-refractivity contribution in [3.8, 4) is 0 Å². The smallest absolute Gasteiger partial charge is 0.353 e. The Morgan fingerprint density at radius 3 is 2.93 bits per heavy atom. The topological polar surface area (TPSA) is 96.8 Å². The fraction of sp³-hybridized carbons (Fsp3) is 0.200. The number of thioether (sulfide) groups is 2. The van der Waals surface area contributed by atoms with Crippen molar-refractivity contribution in [2.45, 2.75) is 22.2 Å². The minimum atomic E-state index is -1.11. The van der Waals surface area contributed by atoms with Crippen molar-refractivity contribution in [1.82, 2.24) is 4.90 Å². The number of carboxylic acid groups (broad SMARTS) is 1. The summed E-state index contributed by atoms with van der Waals surface area (Å²) < 4.78 is 5.97. The van der Waals surface area contributed by atoms with E-state index in [2.05, 4.69) is 0 Å². The number of carboxylic acids is 1. The van der Waals surface area contributed by atoms with Gasteiger partial charge in [0.1, 0.15) is 28.3 Å². The Hall–Kier alpha value is -2.13. The van der Waals surface area contributed by atoms with E-state index in [-0.39, 0.29) is 17.0 Å². The van der Waals surface area contributed by atoms with E-state index in [9.17, 15) is 14.7 Å².